The lowest BCUT2D eigenvalue weighted by atomic mass is 9.86. The van der Waals surface area contributed by atoms with Crippen molar-refractivity contribution in [1.29, 1.82) is 0 Å². The van der Waals surface area contributed by atoms with Crippen LogP contribution in [0.2, 0.25) is 0 Å². The molecule has 1 saturated carbocycles. The van der Waals surface area contributed by atoms with E-state index in [0.29, 0.717) is 13.2 Å². The van der Waals surface area contributed by atoms with Gasteiger partial charge in [0.05, 0.1) is 30.8 Å². The highest BCUT2D eigenvalue weighted by molar-refractivity contribution is 5.28. The van der Waals surface area contributed by atoms with Crippen molar-refractivity contribution >= 4 is 0 Å². The van der Waals surface area contributed by atoms with Crippen molar-refractivity contribution in [2.45, 2.75) is 57.2 Å². The molecule has 0 unspecified atom stereocenters. The monoisotopic (exact) mass is 566 g/mol. The molecular weight excluding hydrogens is 540 g/mol. The average molecular weight is 566 g/mol. The smallest absolute Gasteiger partial charge is 0.400 e. The van der Waals surface area contributed by atoms with Gasteiger partial charge in [-0.2, -0.15) is 17.6 Å². The van der Waals surface area contributed by atoms with Gasteiger partial charge in [-0.15, -0.1) is 0 Å². The van der Waals surface area contributed by atoms with Gasteiger partial charge in [0.1, 0.15) is 11.6 Å². The minimum atomic E-state index is -4.05. The molecule has 2 fully saturated rings. The first kappa shape index (κ1) is 29.3. The van der Waals surface area contributed by atoms with Crippen LogP contribution in [0.25, 0.3) is 0 Å². The first-order valence-electron chi connectivity index (χ1n) is 12.3. The fraction of sp³-hybridized carbons (Fsp3) is 0.481. The Morgan fingerprint density at radius 3 is 2.03 bits per heavy atom. The summed E-state index contributed by atoms with van der Waals surface area (Å²) >= 11 is 0. The van der Waals surface area contributed by atoms with Crippen LogP contribution in [0.5, 0.6) is 5.75 Å². The summed E-state index contributed by atoms with van der Waals surface area (Å²) in [6.07, 6.45) is -7.42. The molecule has 0 aromatic heterocycles. The molecule has 214 valence electrons. The summed E-state index contributed by atoms with van der Waals surface area (Å²) in [7, 11) is 0. The number of rotatable bonds is 8. The van der Waals surface area contributed by atoms with E-state index < -0.39 is 65.1 Å². The van der Waals surface area contributed by atoms with Crippen molar-refractivity contribution in [3.05, 3.63) is 76.9 Å². The van der Waals surface area contributed by atoms with E-state index in [1.165, 1.54) is 6.07 Å². The molecule has 0 amide bonds. The highest BCUT2D eigenvalue weighted by Crippen LogP contribution is 2.42. The molecule has 0 spiro atoms. The molecule has 4 rings (SSSR count). The van der Waals surface area contributed by atoms with E-state index >= 15 is 0 Å². The zero-order chi connectivity index (χ0) is 28.4. The topological polar surface area (TPSA) is 36.9 Å². The highest BCUT2D eigenvalue weighted by Gasteiger charge is 2.46. The molecule has 2 aromatic carbocycles. The number of alkyl halides is 4. The summed E-state index contributed by atoms with van der Waals surface area (Å²) in [4.78, 5) is 0. The second-order valence-electron chi connectivity index (χ2n) is 9.50. The van der Waals surface area contributed by atoms with Crippen molar-refractivity contribution in [1.82, 2.24) is 0 Å². The second kappa shape index (κ2) is 11.8. The number of hydrogen-bond acceptors (Lipinski definition) is 4. The lowest BCUT2D eigenvalue weighted by Crippen LogP contribution is -2.39. The normalized spacial score (nSPS) is 24.7. The predicted molar refractivity (Wildman–Crippen MR) is 122 cm³/mol. The minimum absolute atomic E-state index is 0.0311. The summed E-state index contributed by atoms with van der Waals surface area (Å²) < 4.78 is 134. The van der Waals surface area contributed by atoms with Crippen LogP contribution in [0.4, 0.5) is 35.1 Å². The molecule has 0 atom stereocenters. The van der Waals surface area contributed by atoms with Gasteiger partial charge in [-0.05, 0) is 44.7 Å². The van der Waals surface area contributed by atoms with Gasteiger partial charge in [-0.25, -0.2) is 17.6 Å². The molecule has 1 aliphatic heterocycles. The lowest BCUT2D eigenvalue weighted by molar-refractivity contribution is -0.286. The SMILES string of the molecule is C/C=C/C1COC(c2ccc(C(F)(F)OC3CCC(C(F)(F)Oc4cc(F)c(F)c(F)c4)CC3)c(F)c2)OC1. The van der Waals surface area contributed by atoms with E-state index in [1.54, 1.807) is 0 Å². The summed E-state index contributed by atoms with van der Waals surface area (Å²) in [5.74, 6) is -8.84. The van der Waals surface area contributed by atoms with Crippen LogP contribution in [-0.4, -0.2) is 25.4 Å². The molecule has 2 aromatic rings. The maximum Gasteiger partial charge on any atom is 0.400 e. The fourth-order valence-corrected chi connectivity index (χ4v) is 4.63. The van der Waals surface area contributed by atoms with Gasteiger partial charge in [0.15, 0.2) is 23.7 Å². The molecule has 0 N–H and O–H groups in total. The van der Waals surface area contributed by atoms with Crippen LogP contribution in [0.3, 0.4) is 0 Å². The van der Waals surface area contributed by atoms with Crippen LogP contribution in [0.15, 0.2) is 42.5 Å². The number of allylic oxidation sites excluding steroid dienone is 1. The summed E-state index contributed by atoms with van der Waals surface area (Å²) in [6.45, 7) is 2.49. The molecule has 4 nitrogen and oxygen atoms in total. The molecule has 12 heteroatoms. The van der Waals surface area contributed by atoms with Crippen molar-refractivity contribution < 1.29 is 54.1 Å². The van der Waals surface area contributed by atoms with Crippen LogP contribution in [0, 0.1) is 35.1 Å². The van der Waals surface area contributed by atoms with E-state index in [0.717, 1.165) is 12.1 Å². The Hall–Kier alpha value is -2.70. The van der Waals surface area contributed by atoms with E-state index in [1.807, 2.05) is 19.1 Å². The highest BCUT2D eigenvalue weighted by atomic mass is 19.3. The zero-order valence-electron chi connectivity index (χ0n) is 20.8. The van der Waals surface area contributed by atoms with Gasteiger partial charge in [0, 0.05) is 23.6 Å². The number of ether oxygens (including phenoxy) is 4. The number of benzene rings is 2. The van der Waals surface area contributed by atoms with Gasteiger partial charge in [-0.3, -0.25) is 0 Å². The van der Waals surface area contributed by atoms with Gasteiger partial charge in [-0.1, -0.05) is 18.2 Å². The zero-order valence-corrected chi connectivity index (χ0v) is 20.8. The summed E-state index contributed by atoms with van der Waals surface area (Å²) in [5, 5.41) is 0. The molecule has 0 bridgehead atoms. The van der Waals surface area contributed by atoms with Gasteiger partial charge >= 0.3 is 12.2 Å². The van der Waals surface area contributed by atoms with Gasteiger partial charge < -0.3 is 18.9 Å². The van der Waals surface area contributed by atoms with E-state index in [9.17, 15) is 35.1 Å². The van der Waals surface area contributed by atoms with Crippen LogP contribution in [-0.2, 0) is 20.3 Å². The Balaban J connectivity index is 1.33. The predicted octanol–water partition coefficient (Wildman–Crippen LogP) is 7.78. The second-order valence-corrected chi connectivity index (χ2v) is 9.50. The Kier molecular flexibility index (Phi) is 8.87. The van der Waals surface area contributed by atoms with E-state index in [-0.39, 0.29) is 49.3 Å². The van der Waals surface area contributed by atoms with Crippen molar-refractivity contribution in [3.8, 4) is 5.75 Å². The molecule has 0 radical (unpaired) electrons. The van der Waals surface area contributed by atoms with Crippen LogP contribution in [0.1, 0.15) is 50.0 Å². The average Bonchev–Trinajstić information content (AvgIpc) is 2.87. The molecule has 1 aliphatic carbocycles. The Morgan fingerprint density at radius 2 is 1.46 bits per heavy atom. The Morgan fingerprint density at radius 1 is 0.846 bits per heavy atom. The third-order valence-corrected chi connectivity index (χ3v) is 6.64. The fourth-order valence-electron chi connectivity index (χ4n) is 4.63. The minimum Gasteiger partial charge on any atom is -0.432 e. The molecule has 1 heterocycles. The molecular formula is C27H26F8O4. The lowest BCUT2D eigenvalue weighted by Gasteiger charge is -2.34. The number of halogens is 8. The molecule has 2 aliphatic rings. The molecule has 1 saturated heterocycles. The maximum absolute atomic E-state index is 14.8. The van der Waals surface area contributed by atoms with Crippen molar-refractivity contribution in [2.75, 3.05) is 13.2 Å². The third-order valence-electron chi connectivity index (χ3n) is 6.64. The van der Waals surface area contributed by atoms with Crippen molar-refractivity contribution in [2.24, 2.45) is 11.8 Å². The standard InChI is InChI=1S/C27H26F8O4/c1-2-3-15-13-36-25(37-14-15)16-4-9-20(21(28)10-16)27(34,35)38-18-7-5-17(6-8-18)26(32,33)39-19-11-22(29)24(31)23(30)12-19/h2-4,9-12,15,17-18,25H,5-8,13-14H2,1H3/b3-2+. The van der Waals surface area contributed by atoms with Gasteiger partial charge in [0.2, 0.25) is 0 Å². The molecule has 39 heavy (non-hydrogen) atoms. The van der Waals surface area contributed by atoms with Crippen LogP contribution < -0.4 is 4.74 Å². The van der Waals surface area contributed by atoms with E-state index in [4.69, 9.17) is 14.2 Å². The maximum atomic E-state index is 14.8. The summed E-state index contributed by atoms with van der Waals surface area (Å²) in [6, 6.07) is 3.56. The van der Waals surface area contributed by atoms with Crippen molar-refractivity contribution in [3.63, 3.8) is 0 Å². The third kappa shape index (κ3) is 6.90. The Bertz CT molecular complexity index is 1150. The van der Waals surface area contributed by atoms with Gasteiger partial charge in [0.25, 0.3) is 0 Å². The summed E-state index contributed by atoms with van der Waals surface area (Å²) in [5.41, 5.74) is -0.806. The quantitative estimate of drug-likeness (QED) is 0.186. The first-order chi connectivity index (χ1) is 18.4. The van der Waals surface area contributed by atoms with E-state index in [2.05, 4.69) is 4.74 Å². The number of hydrogen-bond donors (Lipinski definition) is 0. The Labute approximate surface area is 219 Å². The largest absolute Gasteiger partial charge is 0.432 e. The van der Waals surface area contributed by atoms with Crippen LogP contribution >= 0.6 is 0 Å². The first-order valence-corrected chi connectivity index (χ1v) is 12.3.